The van der Waals surface area contributed by atoms with Crippen LogP contribution in [0.4, 0.5) is 0 Å². The number of rotatable bonds is 3. The van der Waals surface area contributed by atoms with Crippen molar-refractivity contribution in [2.45, 2.75) is 26.1 Å². The third-order valence-corrected chi connectivity index (χ3v) is 5.60. The Hall–Kier alpha value is -1.76. The zero-order valence-electron chi connectivity index (χ0n) is 12.9. The third-order valence-electron chi connectivity index (χ3n) is 4.30. The van der Waals surface area contributed by atoms with Crippen LogP contribution in [0.1, 0.15) is 27.9 Å². The highest BCUT2D eigenvalue weighted by molar-refractivity contribution is 7.71. The fraction of sp³-hybridized carbons (Fsp3) is 0.294. The monoisotopic (exact) mass is 342 g/mol. The Kier molecular flexibility index (Phi) is 3.88. The molecule has 0 aliphatic carbocycles. The van der Waals surface area contributed by atoms with E-state index in [9.17, 15) is 0 Å². The van der Waals surface area contributed by atoms with Crippen LogP contribution < -0.4 is 0 Å². The largest absolute Gasteiger partial charge is 0.282 e. The van der Waals surface area contributed by atoms with Crippen LogP contribution in [0, 0.1) is 11.7 Å². The second-order valence-electron chi connectivity index (χ2n) is 5.84. The number of hydrogen-bond acceptors (Lipinski definition) is 4. The van der Waals surface area contributed by atoms with Crippen molar-refractivity contribution < 1.29 is 0 Å². The van der Waals surface area contributed by atoms with Crippen LogP contribution in [0.15, 0.2) is 41.8 Å². The van der Waals surface area contributed by atoms with E-state index in [4.69, 9.17) is 12.2 Å². The van der Waals surface area contributed by atoms with Gasteiger partial charge in [-0.1, -0.05) is 30.3 Å². The second kappa shape index (κ2) is 6.03. The molecule has 2 aromatic heterocycles. The van der Waals surface area contributed by atoms with E-state index in [0.29, 0.717) is 4.77 Å². The van der Waals surface area contributed by atoms with Crippen LogP contribution in [0.5, 0.6) is 0 Å². The number of hydrogen-bond donors (Lipinski definition) is 1. The van der Waals surface area contributed by atoms with Gasteiger partial charge in [-0.05, 0) is 48.1 Å². The van der Waals surface area contributed by atoms with E-state index >= 15 is 0 Å². The van der Waals surface area contributed by atoms with Gasteiger partial charge in [0.05, 0.1) is 12.7 Å². The number of benzene rings is 1. The smallest absolute Gasteiger partial charge is 0.217 e. The van der Waals surface area contributed by atoms with Gasteiger partial charge in [0, 0.05) is 11.4 Å². The molecule has 0 spiro atoms. The molecule has 0 saturated heterocycles. The Balaban J connectivity index is 1.73. The van der Waals surface area contributed by atoms with E-state index in [0.717, 1.165) is 25.5 Å². The summed E-state index contributed by atoms with van der Waals surface area (Å²) in [6.45, 7) is 3.69. The summed E-state index contributed by atoms with van der Waals surface area (Å²) in [5.74, 6) is 0.861. The van der Waals surface area contributed by atoms with Crippen molar-refractivity contribution in [1.29, 1.82) is 0 Å². The molecule has 1 aliphatic heterocycles. The maximum absolute atomic E-state index is 5.35. The van der Waals surface area contributed by atoms with Crippen molar-refractivity contribution >= 4 is 23.6 Å². The van der Waals surface area contributed by atoms with Gasteiger partial charge in [-0.15, -0.1) is 11.3 Å². The van der Waals surface area contributed by atoms with E-state index in [1.54, 1.807) is 0 Å². The molecule has 6 heteroatoms. The molecule has 0 fully saturated rings. The number of H-pyrrole nitrogens is 1. The topological polar surface area (TPSA) is 36.9 Å². The summed E-state index contributed by atoms with van der Waals surface area (Å²) < 4.78 is 2.57. The zero-order chi connectivity index (χ0) is 15.8. The Morgan fingerprint density at radius 3 is 2.87 bits per heavy atom. The highest BCUT2D eigenvalue weighted by atomic mass is 32.1. The van der Waals surface area contributed by atoms with Gasteiger partial charge in [0.1, 0.15) is 5.82 Å². The molecule has 0 unspecified atom stereocenters. The number of thiophene rings is 1. The number of aryl methyl sites for hydroxylation is 1. The number of nitrogens with one attached hydrogen (secondary N) is 1. The molecule has 0 amide bonds. The number of nitrogens with zero attached hydrogens (tertiary/aromatic N) is 3. The summed E-state index contributed by atoms with van der Waals surface area (Å²) in [4.78, 5) is 8.28. The van der Waals surface area contributed by atoms with Crippen molar-refractivity contribution in [2.75, 3.05) is 6.54 Å². The average Bonchev–Trinajstić information content (AvgIpc) is 3.14. The molecule has 0 saturated carbocycles. The van der Waals surface area contributed by atoms with E-state index < -0.39 is 0 Å². The molecule has 118 valence electrons. The van der Waals surface area contributed by atoms with E-state index in [2.05, 4.69) is 56.8 Å². The van der Waals surface area contributed by atoms with Crippen LogP contribution in [-0.4, -0.2) is 26.2 Å². The van der Waals surface area contributed by atoms with E-state index in [-0.39, 0.29) is 6.04 Å². The molecule has 4 rings (SSSR count). The minimum absolute atomic E-state index is 0.275. The van der Waals surface area contributed by atoms with Crippen LogP contribution in [0.2, 0.25) is 0 Å². The second-order valence-corrected chi connectivity index (χ2v) is 7.20. The molecular formula is C17H18N4S2. The number of fused-ring (bicyclic) bond motifs is 1. The predicted octanol–water partition coefficient (Wildman–Crippen LogP) is 3.92. The zero-order valence-corrected chi connectivity index (χ0v) is 14.5. The first-order valence-electron chi connectivity index (χ1n) is 7.71. The minimum atomic E-state index is 0.275. The molecule has 1 N–H and O–H groups in total. The lowest BCUT2D eigenvalue weighted by atomic mass is 9.94. The molecule has 1 aliphatic rings. The Labute approximate surface area is 144 Å². The number of aromatic nitrogens is 3. The lowest BCUT2D eigenvalue weighted by molar-refractivity contribution is 0.156. The maximum atomic E-state index is 5.35. The van der Waals surface area contributed by atoms with Crippen molar-refractivity contribution in [1.82, 2.24) is 19.7 Å². The Bertz CT molecular complexity index is 862. The summed E-state index contributed by atoms with van der Waals surface area (Å²) in [7, 11) is 0. The quantitative estimate of drug-likeness (QED) is 0.733. The molecular weight excluding hydrogens is 324 g/mol. The molecule has 23 heavy (non-hydrogen) atoms. The van der Waals surface area contributed by atoms with Crippen molar-refractivity contribution in [2.24, 2.45) is 0 Å². The molecule has 3 heterocycles. The van der Waals surface area contributed by atoms with Crippen LogP contribution in [0.3, 0.4) is 0 Å². The average molecular weight is 342 g/mol. The van der Waals surface area contributed by atoms with Crippen molar-refractivity contribution in [3.8, 4) is 0 Å². The highest BCUT2D eigenvalue weighted by Gasteiger charge is 2.29. The van der Waals surface area contributed by atoms with Gasteiger partial charge < -0.3 is 0 Å². The minimum Gasteiger partial charge on any atom is -0.282 e. The summed E-state index contributed by atoms with van der Waals surface area (Å²) >= 11 is 7.22. The molecule has 3 aromatic rings. The van der Waals surface area contributed by atoms with Crippen LogP contribution >= 0.6 is 23.6 Å². The summed E-state index contributed by atoms with van der Waals surface area (Å²) in [6, 6.07) is 13.3. The van der Waals surface area contributed by atoms with Gasteiger partial charge in [0.15, 0.2) is 0 Å². The SMILES string of the molecule is Cc1nc(=S)n(CN2CCc3sccc3[C@@H]2c2ccccc2)[nH]1. The van der Waals surface area contributed by atoms with Crippen molar-refractivity contribution in [3.05, 3.63) is 68.4 Å². The maximum Gasteiger partial charge on any atom is 0.217 e. The Morgan fingerprint density at radius 1 is 1.30 bits per heavy atom. The molecule has 1 aromatic carbocycles. The summed E-state index contributed by atoms with van der Waals surface area (Å²) in [5.41, 5.74) is 2.75. The van der Waals surface area contributed by atoms with Gasteiger partial charge in [0.2, 0.25) is 4.77 Å². The van der Waals surface area contributed by atoms with Gasteiger partial charge in [-0.2, -0.15) is 0 Å². The fourth-order valence-corrected chi connectivity index (χ4v) is 4.44. The lowest BCUT2D eigenvalue weighted by Gasteiger charge is -2.36. The van der Waals surface area contributed by atoms with Gasteiger partial charge in [0.25, 0.3) is 0 Å². The molecule has 0 radical (unpaired) electrons. The first-order valence-corrected chi connectivity index (χ1v) is 9.00. The highest BCUT2D eigenvalue weighted by Crippen LogP contribution is 2.37. The first-order chi connectivity index (χ1) is 11.2. The molecule has 0 bridgehead atoms. The predicted molar refractivity (Wildman–Crippen MR) is 95.2 cm³/mol. The Morgan fingerprint density at radius 2 is 2.13 bits per heavy atom. The van der Waals surface area contributed by atoms with Gasteiger partial charge >= 0.3 is 0 Å². The standard InChI is InChI=1S/C17H18N4S2/c1-12-18-17(22)21(19-12)11-20-9-7-15-14(8-10-23-15)16(20)13-5-3-2-4-6-13/h2-6,8,10,16H,7,9,11H2,1H3,(H,18,19,22)/t16-/m0/s1. The van der Waals surface area contributed by atoms with E-state index in [1.165, 1.54) is 16.0 Å². The van der Waals surface area contributed by atoms with Crippen LogP contribution in [-0.2, 0) is 13.1 Å². The lowest BCUT2D eigenvalue weighted by Crippen LogP contribution is -2.37. The van der Waals surface area contributed by atoms with Crippen LogP contribution in [0.25, 0.3) is 0 Å². The molecule has 4 nitrogen and oxygen atoms in total. The first kappa shape index (κ1) is 14.8. The van der Waals surface area contributed by atoms with E-state index in [1.807, 2.05) is 22.9 Å². The normalized spacial score (nSPS) is 18.0. The number of aromatic amines is 1. The summed E-state index contributed by atoms with van der Waals surface area (Å²) in [6.07, 6.45) is 1.09. The van der Waals surface area contributed by atoms with Gasteiger partial charge in [-0.3, -0.25) is 10.00 Å². The fourth-order valence-electron chi connectivity index (χ4n) is 3.30. The summed E-state index contributed by atoms with van der Waals surface area (Å²) in [5, 5.41) is 5.45. The van der Waals surface area contributed by atoms with Gasteiger partial charge in [-0.25, -0.2) is 9.67 Å². The van der Waals surface area contributed by atoms with Crippen molar-refractivity contribution in [3.63, 3.8) is 0 Å². The molecule has 1 atom stereocenters. The third kappa shape index (κ3) is 2.78.